The third-order valence-corrected chi connectivity index (χ3v) is 5.00. The number of thiophene rings is 1. The minimum Gasteiger partial charge on any atom is -0.493 e. The SMILES string of the molecule is OC(CCCc1cccs1)CCc1ccc2c(c1)CCO2. The molecule has 1 aromatic heterocycles. The fraction of sp³-hybridized carbons (Fsp3) is 0.444. The van der Waals surface area contributed by atoms with E-state index in [1.807, 2.05) is 0 Å². The Hall–Kier alpha value is -1.32. The van der Waals surface area contributed by atoms with E-state index in [0.717, 1.165) is 50.9 Å². The molecule has 1 aromatic carbocycles. The highest BCUT2D eigenvalue weighted by atomic mass is 32.1. The van der Waals surface area contributed by atoms with Crippen LogP contribution < -0.4 is 4.74 Å². The van der Waals surface area contributed by atoms with Gasteiger partial charge >= 0.3 is 0 Å². The van der Waals surface area contributed by atoms with Crippen LogP contribution in [0.5, 0.6) is 5.75 Å². The molecule has 0 spiro atoms. The van der Waals surface area contributed by atoms with E-state index in [2.05, 4.69) is 35.7 Å². The molecular weight excluding hydrogens is 280 g/mol. The molecule has 21 heavy (non-hydrogen) atoms. The van der Waals surface area contributed by atoms with Crippen LogP contribution >= 0.6 is 11.3 Å². The van der Waals surface area contributed by atoms with E-state index in [-0.39, 0.29) is 6.10 Å². The van der Waals surface area contributed by atoms with Crippen LogP contribution in [0.15, 0.2) is 35.7 Å². The highest BCUT2D eigenvalue weighted by Gasteiger charge is 2.12. The van der Waals surface area contributed by atoms with E-state index in [9.17, 15) is 5.11 Å². The van der Waals surface area contributed by atoms with Crippen LogP contribution in [-0.2, 0) is 19.3 Å². The van der Waals surface area contributed by atoms with Gasteiger partial charge in [0.25, 0.3) is 0 Å². The molecule has 1 atom stereocenters. The summed E-state index contributed by atoms with van der Waals surface area (Å²) < 4.78 is 5.52. The van der Waals surface area contributed by atoms with Crippen molar-refractivity contribution in [3.8, 4) is 5.75 Å². The Morgan fingerprint density at radius 3 is 3.00 bits per heavy atom. The molecule has 0 fully saturated rings. The highest BCUT2D eigenvalue weighted by Crippen LogP contribution is 2.26. The zero-order chi connectivity index (χ0) is 14.5. The van der Waals surface area contributed by atoms with Crippen molar-refractivity contribution in [2.45, 2.75) is 44.6 Å². The standard InChI is InChI=1S/C18H22O2S/c19-16(3-1-4-17-5-2-12-21-17)8-6-14-7-9-18-15(13-14)10-11-20-18/h2,5,7,9,12-13,16,19H,1,3-4,6,8,10-11H2. The number of aliphatic hydroxyl groups is 1. The molecule has 112 valence electrons. The van der Waals surface area contributed by atoms with Crippen LogP contribution in [0.2, 0.25) is 0 Å². The van der Waals surface area contributed by atoms with Crippen molar-refractivity contribution in [2.24, 2.45) is 0 Å². The van der Waals surface area contributed by atoms with E-state index in [1.165, 1.54) is 16.0 Å². The molecule has 0 bridgehead atoms. The monoisotopic (exact) mass is 302 g/mol. The lowest BCUT2D eigenvalue weighted by atomic mass is 10.0. The number of hydrogen-bond acceptors (Lipinski definition) is 3. The largest absolute Gasteiger partial charge is 0.493 e. The predicted molar refractivity (Wildman–Crippen MR) is 87.2 cm³/mol. The topological polar surface area (TPSA) is 29.5 Å². The molecule has 0 saturated carbocycles. The fourth-order valence-electron chi connectivity index (χ4n) is 2.84. The Morgan fingerprint density at radius 2 is 2.14 bits per heavy atom. The first kappa shape index (κ1) is 14.6. The Kier molecular flexibility index (Phi) is 4.94. The minimum atomic E-state index is -0.186. The third-order valence-electron chi connectivity index (χ3n) is 4.06. The molecule has 2 aromatic rings. The number of aliphatic hydroxyl groups excluding tert-OH is 1. The van der Waals surface area contributed by atoms with Crippen molar-refractivity contribution in [3.05, 3.63) is 51.7 Å². The average Bonchev–Trinajstić information content (AvgIpc) is 3.15. The Morgan fingerprint density at radius 1 is 1.19 bits per heavy atom. The van der Waals surface area contributed by atoms with Gasteiger partial charge in [0.1, 0.15) is 5.75 Å². The first-order chi connectivity index (χ1) is 10.3. The maximum absolute atomic E-state index is 10.1. The molecule has 0 radical (unpaired) electrons. The van der Waals surface area contributed by atoms with Crippen molar-refractivity contribution in [3.63, 3.8) is 0 Å². The Labute approximate surface area is 130 Å². The van der Waals surface area contributed by atoms with Gasteiger partial charge < -0.3 is 9.84 Å². The second-order valence-electron chi connectivity index (χ2n) is 5.70. The van der Waals surface area contributed by atoms with Crippen molar-refractivity contribution in [1.29, 1.82) is 0 Å². The lowest BCUT2D eigenvalue weighted by Gasteiger charge is -2.10. The van der Waals surface area contributed by atoms with Gasteiger partial charge in [-0.3, -0.25) is 0 Å². The number of rotatable bonds is 7. The molecule has 1 N–H and O–H groups in total. The van der Waals surface area contributed by atoms with Gasteiger partial charge in [-0.15, -0.1) is 11.3 Å². The fourth-order valence-corrected chi connectivity index (χ4v) is 3.59. The van der Waals surface area contributed by atoms with Crippen molar-refractivity contribution < 1.29 is 9.84 Å². The molecule has 1 aliphatic rings. The summed E-state index contributed by atoms with van der Waals surface area (Å²) in [4.78, 5) is 1.42. The smallest absolute Gasteiger partial charge is 0.122 e. The second-order valence-corrected chi connectivity index (χ2v) is 6.74. The summed E-state index contributed by atoms with van der Waals surface area (Å²) in [5.41, 5.74) is 2.64. The van der Waals surface area contributed by atoms with Crippen LogP contribution in [-0.4, -0.2) is 17.8 Å². The van der Waals surface area contributed by atoms with E-state index in [4.69, 9.17) is 4.74 Å². The summed E-state index contributed by atoms with van der Waals surface area (Å²) in [6.45, 7) is 0.810. The van der Waals surface area contributed by atoms with Crippen LogP contribution in [0.1, 0.15) is 35.3 Å². The van der Waals surface area contributed by atoms with Crippen molar-refractivity contribution in [2.75, 3.05) is 6.61 Å². The van der Waals surface area contributed by atoms with E-state index >= 15 is 0 Å². The number of fused-ring (bicyclic) bond motifs is 1. The summed E-state index contributed by atoms with van der Waals surface area (Å²) in [6, 6.07) is 10.7. The molecule has 0 amide bonds. The molecule has 1 unspecified atom stereocenters. The molecule has 2 heterocycles. The van der Waals surface area contributed by atoms with Crippen LogP contribution in [0.4, 0.5) is 0 Å². The molecule has 0 saturated heterocycles. The first-order valence-corrected chi connectivity index (χ1v) is 8.64. The minimum absolute atomic E-state index is 0.186. The zero-order valence-electron chi connectivity index (χ0n) is 12.3. The van der Waals surface area contributed by atoms with Crippen LogP contribution in [0.3, 0.4) is 0 Å². The van der Waals surface area contributed by atoms with Gasteiger partial charge in [0, 0.05) is 11.3 Å². The summed E-state index contributed by atoms with van der Waals surface area (Å²) in [5.74, 6) is 1.04. The summed E-state index contributed by atoms with van der Waals surface area (Å²) in [5, 5.41) is 12.2. The van der Waals surface area contributed by atoms with Crippen LogP contribution in [0.25, 0.3) is 0 Å². The summed E-state index contributed by atoms with van der Waals surface area (Å²) in [7, 11) is 0. The number of ether oxygens (including phenoxy) is 1. The molecule has 3 heteroatoms. The van der Waals surface area contributed by atoms with Gasteiger partial charge in [-0.1, -0.05) is 18.2 Å². The molecule has 0 aliphatic carbocycles. The maximum Gasteiger partial charge on any atom is 0.122 e. The zero-order valence-corrected chi connectivity index (χ0v) is 13.1. The normalized spacial score (nSPS) is 14.7. The van der Waals surface area contributed by atoms with Crippen molar-refractivity contribution >= 4 is 11.3 Å². The molecule has 1 aliphatic heterocycles. The van der Waals surface area contributed by atoms with E-state index in [1.54, 1.807) is 11.3 Å². The summed E-state index contributed by atoms with van der Waals surface area (Å²) >= 11 is 1.80. The van der Waals surface area contributed by atoms with Crippen LogP contribution in [0, 0.1) is 0 Å². The number of benzene rings is 1. The molecule has 2 nitrogen and oxygen atoms in total. The van der Waals surface area contributed by atoms with Gasteiger partial charge in [0.2, 0.25) is 0 Å². The third kappa shape index (κ3) is 4.08. The van der Waals surface area contributed by atoms with Gasteiger partial charge in [0.05, 0.1) is 12.7 Å². The number of aryl methyl sites for hydroxylation is 2. The maximum atomic E-state index is 10.1. The van der Waals surface area contributed by atoms with Gasteiger partial charge in [-0.2, -0.15) is 0 Å². The highest BCUT2D eigenvalue weighted by molar-refractivity contribution is 7.09. The summed E-state index contributed by atoms with van der Waals surface area (Å²) in [6.07, 6.45) is 5.69. The average molecular weight is 302 g/mol. The van der Waals surface area contributed by atoms with E-state index in [0.29, 0.717) is 0 Å². The Bertz CT molecular complexity index is 563. The molecule has 3 rings (SSSR count). The lowest BCUT2D eigenvalue weighted by molar-refractivity contribution is 0.152. The first-order valence-electron chi connectivity index (χ1n) is 7.76. The van der Waals surface area contributed by atoms with Gasteiger partial charge in [-0.05, 0) is 60.7 Å². The molecular formula is C18H22O2S. The number of hydrogen-bond donors (Lipinski definition) is 1. The lowest BCUT2D eigenvalue weighted by Crippen LogP contribution is -2.08. The predicted octanol–water partition coefficient (Wildman–Crippen LogP) is 4.00. The Balaban J connectivity index is 1.40. The second kappa shape index (κ2) is 7.10. The van der Waals surface area contributed by atoms with Crippen molar-refractivity contribution in [1.82, 2.24) is 0 Å². The quantitative estimate of drug-likeness (QED) is 0.837. The van der Waals surface area contributed by atoms with Gasteiger partial charge in [0.15, 0.2) is 0 Å². The van der Waals surface area contributed by atoms with Gasteiger partial charge in [-0.25, -0.2) is 0 Å². The van der Waals surface area contributed by atoms with E-state index < -0.39 is 0 Å².